The van der Waals surface area contributed by atoms with Crippen molar-refractivity contribution in [1.82, 2.24) is 14.8 Å². The molecular weight excluding hydrogens is 330 g/mol. The van der Waals surface area contributed by atoms with E-state index in [1.807, 2.05) is 26.0 Å². The fraction of sp³-hybridized carbons (Fsp3) is 0.632. The number of carbonyl (C=O) groups excluding carboxylic acids is 1. The molecule has 1 atom stereocenters. The van der Waals surface area contributed by atoms with Crippen LogP contribution in [-0.4, -0.2) is 72.8 Å². The second-order valence-corrected chi connectivity index (χ2v) is 6.90. The summed E-state index contributed by atoms with van der Waals surface area (Å²) in [6.45, 7) is 9.17. The largest absolute Gasteiger partial charge is 0.450 e. The van der Waals surface area contributed by atoms with Gasteiger partial charge in [-0.05, 0) is 38.8 Å². The summed E-state index contributed by atoms with van der Waals surface area (Å²) in [6.07, 6.45) is 2.02. The van der Waals surface area contributed by atoms with Crippen molar-refractivity contribution >= 4 is 11.9 Å². The monoisotopic (exact) mass is 357 g/mol. The average molecular weight is 357 g/mol. The number of amides is 1. The van der Waals surface area contributed by atoms with Crippen LogP contribution in [0.3, 0.4) is 0 Å². The second-order valence-electron chi connectivity index (χ2n) is 6.90. The summed E-state index contributed by atoms with van der Waals surface area (Å²) in [5.41, 5.74) is 1.58. The highest BCUT2D eigenvalue weighted by atomic mass is 16.6. The molecule has 0 aromatic carbocycles. The number of aryl methyl sites for hydroxylation is 1. The Labute approximate surface area is 155 Å². The molecule has 140 valence electrons. The topological polar surface area (TPSA) is 72.7 Å². The van der Waals surface area contributed by atoms with Crippen LogP contribution in [0.15, 0.2) is 12.1 Å². The zero-order valence-electron chi connectivity index (χ0n) is 15.6. The van der Waals surface area contributed by atoms with Crippen molar-refractivity contribution in [1.29, 1.82) is 5.26 Å². The zero-order chi connectivity index (χ0) is 18.5. The highest BCUT2D eigenvalue weighted by Crippen LogP contribution is 2.25. The lowest BCUT2D eigenvalue weighted by molar-refractivity contribution is 0.0629. The van der Waals surface area contributed by atoms with Gasteiger partial charge >= 0.3 is 6.09 Å². The molecule has 3 rings (SSSR count). The lowest BCUT2D eigenvalue weighted by atomic mass is 10.0. The van der Waals surface area contributed by atoms with Crippen molar-refractivity contribution in [2.24, 2.45) is 0 Å². The first-order chi connectivity index (χ1) is 12.6. The molecule has 2 fully saturated rings. The third-order valence-corrected chi connectivity index (χ3v) is 5.19. The normalized spacial score (nSPS) is 21.3. The number of nitrogens with zero attached hydrogens (tertiary/aromatic N) is 5. The highest BCUT2D eigenvalue weighted by Gasteiger charge is 2.30. The minimum atomic E-state index is -0.208. The number of nitriles is 1. The van der Waals surface area contributed by atoms with Crippen LogP contribution in [0.5, 0.6) is 0 Å². The molecule has 0 aliphatic carbocycles. The maximum atomic E-state index is 11.9. The molecule has 7 heteroatoms. The van der Waals surface area contributed by atoms with Crippen molar-refractivity contribution in [3.05, 3.63) is 23.4 Å². The summed E-state index contributed by atoms with van der Waals surface area (Å²) in [5.74, 6) is 0.808. The second kappa shape index (κ2) is 8.37. The summed E-state index contributed by atoms with van der Waals surface area (Å²) in [7, 11) is 0. The minimum absolute atomic E-state index is 0.208. The van der Waals surface area contributed by atoms with Crippen LogP contribution < -0.4 is 4.90 Å². The SMILES string of the molecule is CCOC(=O)N1CCN(C2CCCN(c3nc(C)ccc3C#N)C2)CC1. The molecule has 2 aliphatic heterocycles. The third kappa shape index (κ3) is 4.07. The van der Waals surface area contributed by atoms with Crippen LogP contribution in [0.4, 0.5) is 10.6 Å². The molecule has 0 saturated carbocycles. The lowest BCUT2D eigenvalue weighted by Crippen LogP contribution is -2.56. The van der Waals surface area contributed by atoms with E-state index in [0.29, 0.717) is 31.3 Å². The van der Waals surface area contributed by atoms with E-state index in [2.05, 4.69) is 20.9 Å². The van der Waals surface area contributed by atoms with Crippen molar-refractivity contribution in [2.75, 3.05) is 50.8 Å². The van der Waals surface area contributed by atoms with Crippen LogP contribution >= 0.6 is 0 Å². The van der Waals surface area contributed by atoms with Crippen LogP contribution in [0.1, 0.15) is 31.0 Å². The van der Waals surface area contributed by atoms with Crippen LogP contribution in [-0.2, 0) is 4.74 Å². The van der Waals surface area contributed by atoms with Gasteiger partial charge in [-0.3, -0.25) is 4.90 Å². The first-order valence-electron chi connectivity index (χ1n) is 9.40. The number of anilines is 1. The summed E-state index contributed by atoms with van der Waals surface area (Å²) < 4.78 is 5.10. The molecule has 0 spiro atoms. The average Bonchev–Trinajstić information content (AvgIpc) is 2.68. The lowest BCUT2D eigenvalue weighted by Gasteiger charge is -2.43. The Morgan fingerprint density at radius 3 is 2.77 bits per heavy atom. The van der Waals surface area contributed by atoms with E-state index in [1.165, 1.54) is 0 Å². The fourth-order valence-corrected chi connectivity index (χ4v) is 3.80. The van der Waals surface area contributed by atoms with Crippen molar-refractivity contribution in [2.45, 2.75) is 32.7 Å². The van der Waals surface area contributed by atoms with Gasteiger partial charge in [0.15, 0.2) is 0 Å². The Morgan fingerprint density at radius 2 is 2.08 bits per heavy atom. The van der Waals surface area contributed by atoms with E-state index >= 15 is 0 Å². The maximum Gasteiger partial charge on any atom is 0.409 e. The molecule has 1 aromatic rings. The predicted octanol–water partition coefficient (Wildman–Crippen LogP) is 2.00. The molecule has 3 heterocycles. The van der Waals surface area contributed by atoms with Gasteiger partial charge in [0.05, 0.1) is 12.2 Å². The molecule has 0 radical (unpaired) electrons. The number of ether oxygens (including phenoxy) is 1. The number of piperazine rings is 1. The third-order valence-electron chi connectivity index (χ3n) is 5.19. The van der Waals surface area contributed by atoms with Gasteiger partial charge < -0.3 is 14.5 Å². The van der Waals surface area contributed by atoms with Crippen molar-refractivity contribution in [3.8, 4) is 6.07 Å². The maximum absolute atomic E-state index is 11.9. The molecule has 1 aromatic heterocycles. The quantitative estimate of drug-likeness (QED) is 0.824. The van der Waals surface area contributed by atoms with Gasteiger partial charge in [-0.15, -0.1) is 0 Å². The molecule has 7 nitrogen and oxygen atoms in total. The van der Waals surface area contributed by atoms with E-state index in [1.54, 1.807) is 4.90 Å². The minimum Gasteiger partial charge on any atom is -0.450 e. The zero-order valence-corrected chi connectivity index (χ0v) is 15.6. The molecule has 2 aliphatic rings. The van der Waals surface area contributed by atoms with Gasteiger partial charge in [0, 0.05) is 51.0 Å². The summed E-state index contributed by atoms with van der Waals surface area (Å²) in [4.78, 5) is 23.0. The van der Waals surface area contributed by atoms with Crippen molar-refractivity contribution < 1.29 is 9.53 Å². The van der Waals surface area contributed by atoms with E-state index in [9.17, 15) is 10.1 Å². The van der Waals surface area contributed by atoms with Gasteiger partial charge in [0.25, 0.3) is 0 Å². The number of rotatable bonds is 3. The van der Waals surface area contributed by atoms with E-state index in [4.69, 9.17) is 4.74 Å². The molecular formula is C19H27N5O2. The first-order valence-corrected chi connectivity index (χ1v) is 9.40. The standard InChI is InChI=1S/C19H27N5O2/c1-3-26-19(25)23-11-9-22(10-12-23)17-5-4-8-24(14-17)18-16(13-20)7-6-15(2)21-18/h6-7,17H,3-5,8-12,14H2,1-2H3. The predicted molar refractivity (Wildman–Crippen MR) is 99.1 cm³/mol. The number of piperidine rings is 1. The highest BCUT2D eigenvalue weighted by molar-refractivity contribution is 5.67. The molecule has 1 amide bonds. The number of hydrogen-bond donors (Lipinski definition) is 0. The van der Waals surface area contributed by atoms with Crippen LogP contribution in [0, 0.1) is 18.3 Å². The van der Waals surface area contributed by atoms with Gasteiger partial charge in [-0.1, -0.05) is 0 Å². The first kappa shape index (κ1) is 18.5. The number of carbonyl (C=O) groups is 1. The molecule has 0 bridgehead atoms. The van der Waals surface area contributed by atoms with Crippen LogP contribution in [0.25, 0.3) is 0 Å². The van der Waals surface area contributed by atoms with E-state index in [0.717, 1.165) is 50.5 Å². The van der Waals surface area contributed by atoms with Gasteiger partial charge in [0.1, 0.15) is 11.9 Å². The molecule has 2 saturated heterocycles. The van der Waals surface area contributed by atoms with E-state index < -0.39 is 0 Å². The Hall–Kier alpha value is -2.33. The van der Waals surface area contributed by atoms with Gasteiger partial charge in [-0.25, -0.2) is 9.78 Å². The number of hydrogen-bond acceptors (Lipinski definition) is 6. The summed E-state index contributed by atoms with van der Waals surface area (Å²) in [6, 6.07) is 6.45. The number of aromatic nitrogens is 1. The summed E-state index contributed by atoms with van der Waals surface area (Å²) in [5, 5.41) is 9.40. The van der Waals surface area contributed by atoms with Crippen LogP contribution in [0.2, 0.25) is 0 Å². The Morgan fingerprint density at radius 1 is 1.31 bits per heavy atom. The Balaban J connectivity index is 1.62. The van der Waals surface area contributed by atoms with Gasteiger partial charge in [-0.2, -0.15) is 5.26 Å². The molecule has 1 unspecified atom stereocenters. The van der Waals surface area contributed by atoms with Gasteiger partial charge in [0.2, 0.25) is 0 Å². The Bertz CT molecular complexity index is 679. The van der Waals surface area contributed by atoms with E-state index in [-0.39, 0.29) is 6.09 Å². The molecule has 26 heavy (non-hydrogen) atoms. The van der Waals surface area contributed by atoms with Crippen molar-refractivity contribution in [3.63, 3.8) is 0 Å². The fourth-order valence-electron chi connectivity index (χ4n) is 3.80. The Kier molecular flexibility index (Phi) is 5.94. The molecule has 0 N–H and O–H groups in total. The number of pyridine rings is 1. The smallest absolute Gasteiger partial charge is 0.409 e. The summed E-state index contributed by atoms with van der Waals surface area (Å²) >= 11 is 0.